The Balaban J connectivity index is 2.08. The molecule has 1 N–H and O–H groups in total. The Morgan fingerprint density at radius 3 is 2.56 bits per heavy atom. The first-order chi connectivity index (χ1) is 8.50. The molecule has 0 heterocycles. The van der Waals surface area contributed by atoms with Crippen molar-refractivity contribution in [3.63, 3.8) is 0 Å². The molecule has 1 aromatic rings. The maximum absolute atomic E-state index is 12.6. The quantitative estimate of drug-likeness (QED) is 0.868. The summed E-state index contributed by atoms with van der Waals surface area (Å²) in [5, 5.41) is 3.23. The number of likely N-dealkylation sites (N-methyl/N-ethyl adjacent to an activating group) is 1. The molecule has 0 amide bonds. The van der Waals surface area contributed by atoms with E-state index in [1.54, 1.807) is 6.07 Å². The average molecular weight is 257 g/mol. The molecule has 2 rings (SSSR count). The lowest BCUT2D eigenvalue weighted by molar-refractivity contribution is -0.137. The van der Waals surface area contributed by atoms with E-state index >= 15 is 0 Å². The van der Waals surface area contributed by atoms with Crippen LogP contribution in [0.5, 0.6) is 0 Å². The number of hydrogen-bond acceptors (Lipinski definition) is 1. The second-order valence-electron chi connectivity index (χ2n) is 4.99. The van der Waals surface area contributed by atoms with Crippen molar-refractivity contribution < 1.29 is 13.2 Å². The van der Waals surface area contributed by atoms with Crippen molar-refractivity contribution >= 4 is 0 Å². The third kappa shape index (κ3) is 3.05. The van der Waals surface area contributed by atoms with E-state index in [1.165, 1.54) is 31.4 Å². The summed E-state index contributed by atoms with van der Waals surface area (Å²) in [6.45, 7) is 0. The van der Waals surface area contributed by atoms with Gasteiger partial charge in [-0.05, 0) is 43.9 Å². The van der Waals surface area contributed by atoms with E-state index in [1.807, 2.05) is 7.05 Å². The number of nitrogens with one attached hydrogen (secondary N) is 1. The van der Waals surface area contributed by atoms with Crippen molar-refractivity contribution in [1.82, 2.24) is 5.32 Å². The minimum absolute atomic E-state index is 0.294. The molecule has 1 fully saturated rings. The molecule has 18 heavy (non-hydrogen) atoms. The van der Waals surface area contributed by atoms with Crippen molar-refractivity contribution in [2.45, 2.75) is 37.9 Å². The van der Waals surface area contributed by atoms with Gasteiger partial charge >= 0.3 is 6.18 Å². The van der Waals surface area contributed by atoms with E-state index in [2.05, 4.69) is 5.32 Å². The van der Waals surface area contributed by atoms with Crippen LogP contribution in [0.4, 0.5) is 13.2 Å². The molecule has 1 aromatic carbocycles. The van der Waals surface area contributed by atoms with E-state index < -0.39 is 11.7 Å². The van der Waals surface area contributed by atoms with Crippen LogP contribution in [0.1, 0.15) is 30.4 Å². The number of benzene rings is 1. The van der Waals surface area contributed by atoms with Crippen LogP contribution in [0.3, 0.4) is 0 Å². The lowest BCUT2D eigenvalue weighted by Gasteiger charge is -2.33. The molecule has 0 bridgehead atoms. The molecule has 100 valence electrons. The fourth-order valence-corrected chi connectivity index (χ4v) is 2.48. The zero-order valence-corrected chi connectivity index (χ0v) is 10.4. The Labute approximate surface area is 105 Å². The van der Waals surface area contributed by atoms with Gasteiger partial charge in [0.05, 0.1) is 5.56 Å². The molecule has 1 nitrogen and oxygen atoms in total. The Bertz CT molecular complexity index is 396. The van der Waals surface area contributed by atoms with Gasteiger partial charge in [0.25, 0.3) is 0 Å². The highest BCUT2D eigenvalue weighted by atomic mass is 19.4. The molecule has 1 unspecified atom stereocenters. The summed E-state index contributed by atoms with van der Waals surface area (Å²) in [5.74, 6) is 0.615. The Hall–Kier alpha value is -1.03. The molecule has 0 aromatic heterocycles. The van der Waals surface area contributed by atoms with Crippen LogP contribution in [-0.2, 0) is 12.6 Å². The summed E-state index contributed by atoms with van der Waals surface area (Å²) in [6, 6.07) is 5.95. The fraction of sp³-hybridized carbons (Fsp3) is 0.571. The number of hydrogen-bond donors (Lipinski definition) is 1. The van der Waals surface area contributed by atoms with Gasteiger partial charge in [-0.1, -0.05) is 24.6 Å². The van der Waals surface area contributed by atoms with E-state index in [0.29, 0.717) is 18.4 Å². The lowest BCUT2D eigenvalue weighted by Crippen LogP contribution is -2.39. The first kappa shape index (κ1) is 13.4. The standard InChI is InChI=1S/C14H18F3N/c1-18-13(11-5-3-6-11)9-10-4-2-7-12(8-10)14(15,16)17/h2,4,7-8,11,13,18H,3,5-6,9H2,1H3. The third-order valence-corrected chi connectivity index (χ3v) is 3.80. The highest BCUT2D eigenvalue weighted by Crippen LogP contribution is 2.32. The zero-order valence-electron chi connectivity index (χ0n) is 10.4. The van der Waals surface area contributed by atoms with Crippen LogP contribution in [0, 0.1) is 5.92 Å². The van der Waals surface area contributed by atoms with E-state index in [4.69, 9.17) is 0 Å². The normalized spacial score (nSPS) is 18.4. The Morgan fingerprint density at radius 2 is 2.06 bits per heavy atom. The second kappa shape index (κ2) is 5.31. The summed E-state index contributed by atoms with van der Waals surface area (Å²) in [5.41, 5.74) is 0.208. The van der Waals surface area contributed by atoms with Crippen LogP contribution in [-0.4, -0.2) is 13.1 Å². The van der Waals surface area contributed by atoms with Gasteiger partial charge in [0.15, 0.2) is 0 Å². The smallest absolute Gasteiger partial charge is 0.316 e. The monoisotopic (exact) mass is 257 g/mol. The van der Waals surface area contributed by atoms with E-state index in [9.17, 15) is 13.2 Å². The molecule has 1 aliphatic carbocycles. The van der Waals surface area contributed by atoms with Crippen LogP contribution in [0.25, 0.3) is 0 Å². The number of alkyl halides is 3. The molecule has 0 radical (unpaired) electrons. The van der Waals surface area contributed by atoms with Gasteiger partial charge in [0.1, 0.15) is 0 Å². The van der Waals surface area contributed by atoms with Gasteiger partial charge < -0.3 is 5.32 Å². The molecule has 0 aliphatic heterocycles. The molecule has 0 saturated heterocycles. The van der Waals surface area contributed by atoms with Crippen LogP contribution in [0.2, 0.25) is 0 Å². The molecule has 4 heteroatoms. The van der Waals surface area contributed by atoms with Crippen molar-refractivity contribution in [3.05, 3.63) is 35.4 Å². The van der Waals surface area contributed by atoms with Gasteiger partial charge in [-0.3, -0.25) is 0 Å². The first-order valence-electron chi connectivity index (χ1n) is 6.34. The summed E-state index contributed by atoms with van der Waals surface area (Å²) in [7, 11) is 1.89. The van der Waals surface area contributed by atoms with Crippen molar-refractivity contribution in [3.8, 4) is 0 Å². The van der Waals surface area contributed by atoms with Crippen molar-refractivity contribution in [2.75, 3.05) is 7.05 Å². The topological polar surface area (TPSA) is 12.0 Å². The maximum Gasteiger partial charge on any atom is 0.416 e. The van der Waals surface area contributed by atoms with Crippen molar-refractivity contribution in [1.29, 1.82) is 0 Å². The molecule has 1 aliphatic rings. The molecular weight excluding hydrogens is 239 g/mol. The predicted octanol–water partition coefficient (Wildman–Crippen LogP) is 3.64. The predicted molar refractivity (Wildman–Crippen MR) is 65.3 cm³/mol. The first-order valence-corrected chi connectivity index (χ1v) is 6.34. The van der Waals surface area contributed by atoms with Crippen LogP contribution < -0.4 is 5.32 Å². The molecule has 1 saturated carbocycles. The number of halogens is 3. The van der Waals surface area contributed by atoms with Gasteiger partial charge in [0, 0.05) is 6.04 Å². The van der Waals surface area contributed by atoms with Gasteiger partial charge in [-0.15, -0.1) is 0 Å². The van der Waals surface area contributed by atoms with E-state index in [0.717, 1.165) is 11.6 Å². The van der Waals surface area contributed by atoms with Crippen LogP contribution in [0.15, 0.2) is 24.3 Å². The van der Waals surface area contributed by atoms with Crippen molar-refractivity contribution in [2.24, 2.45) is 5.92 Å². The third-order valence-electron chi connectivity index (χ3n) is 3.80. The number of rotatable bonds is 4. The highest BCUT2D eigenvalue weighted by Gasteiger charge is 2.31. The average Bonchev–Trinajstić information content (AvgIpc) is 2.25. The van der Waals surface area contributed by atoms with Gasteiger partial charge in [-0.25, -0.2) is 0 Å². The maximum atomic E-state index is 12.6. The Kier molecular flexibility index (Phi) is 3.95. The second-order valence-corrected chi connectivity index (χ2v) is 4.99. The Morgan fingerprint density at radius 1 is 1.33 bits per heavy atom. The largest absolute Gasteiger partial charge is 0.416 e. The van der Waals surface area contributed by atoms with E-state index in [-0.39, 0.29) is 0 Å². The lowest BCUT2D eigenvalue weighted by atomic mass is 9.77. The summed E-state index contributed by atoms with van der Waals surface area (Å²) in [4.78, 5) is 0. The zero-order chi connectivity index (χ0) is 13.2. The molecule has 0 spiro atoms. The van der Waals surface area contributed by atoms with Gasteiger partial charge in [-0.2, -0.15) is 13.2 Å². The fourth-order valence-electron chi connectivity index (χ4n) is 2.48. The molecule has 1 atom stereocenters. The summed E-state index contributed by atoms with van der Waals surface area (Å²) < 4.78 is 37.8. The minimum atomic E-state index is -4.25. The minimum Gasteiger partial charge on any atom is -0.316 e. The SMILES string of the molecule is CNC(Cc1cccc(C(F)(F)F)c1)C1CCC1. The van der Waals surface area contributed by atoms with Crippen LogP contribution >= 0.6 is 0 Å². The highest BCUT2D eigenvalue weighted by molar-refractivity contribution is 5.26. The summed E-state index contributed by atoms with van der Waals surface area (Å²) in [6.07, 6.45) is 0.0348. The van der Waals surface area contributed by atoms with Gasteiger partial charge in [0.2, 0.25) is 0 Å². The summed E-state index contributed by atoms with van der Waals surface area (Å²) >= 11 is 0. The molecular formula is C14H18F3N.